The van der Waals surface area contributed by atoms with Crippen molar-refractivity contribution in [2.75, 3.05) is 6.61 Å². The minimum absolute atomic E-state index is 0.0285. The first-order valence-corrected chi connectivity index (χ1v) is 3.66. The van der Waals surface area contributed by atoms with E-state index in [1.165, 1.54) is 6.42 Å². The second kappa shape index (κ2) is 1.96. The Morgan fingerprint density at radius 3 is 2.56 bits per heavy atom. The van der Waals surface area contributed by atoms with Gasteiger partial charge in [-0.2, -0.15) is 0 Å². The first-order chi connectivity index (χ1) is 4.36. The highest BCUT2D eigenvalue weighted by Gasteiger charge is 2.37. The van der Waals surface area contributed by atoms with Crippen molar-refractivity contribution in [2.45, 2.75) is 31.5 Å². The van der Waals surface area contributed by atoms with Crippen LogP contribution in [0.3, 0.4) is 0 Å². The molecule has 0 amide bonds. The highest BCUT2D eigenvalue weighted by Crippen LogP contribution is 2.34. The maximum Gasteiger partial charge on any atom is 0.0839 e. The molecule has 52 valence electrons. The SMILES string of the molecule is OC1CCC(C2CO2)C1. The lowest BCUT2D eigenvalue weighted by molar-refractivity contribution is 0.174. The topological polar surface area (TPSA) is 32.8 Å². The molecule has 0 aromatic rings. The molecule has 0 aromatic carbocycles. The summed E-state index contributed by atoms with van der Waals surface area (Å²) in [5.41, 5.74) is 0. The minimum atomic E-state index is -0.0285. The van der Waals surface area contributed by atoms with Crippen LogP contribution in [0.15, 0.2) is 0 Å². The number of hydrogen-bond acceptors (Lipinski definition) is 2. The minimum Gasteiger partial charge on any atom is -0.393 e. The molecule has 2 fully saturated rings. The van der Waals surface area contributed by atoms with Crippen LogP contribution in [0.5, 0.6) is 0 Å². The number of rotatable bonds is 1. The van der Waals surface area contributed by atoms with Crippen molar-refractivity contribution < 1.29 is 9.84 Å². The molecule has 0 radical (unpaired) electrons. The molecule has 1 heterocycles. The molecule has 9 heavy (non-hydrogen) atoms. The molecule has 1 N–H and O–H groups in total. The van der Waals surface area contributed by atoms with Gasteiger partial charge in [-0.25, -0.2) is 0 Å². The van der Waals surface area contributed by atoms with Crippen LogP contribution in [0.2, 0.25) is 0 Å². The van der Waals surface area contributed by atoms with E-state index in [0.29, 0.717) is 12.0 Å². The Bertz CT molecular complexity index is 109. The van der Waals surface area contributed by atoms with Gasteiger partial charge in [-0.15, -0.1) is 0 Å². The van der Waals surface area contributed by atoms with E-state index < -0.39 is 0 Å². The van der Waals surface area contributed by atoms with E-state index in [-0.39, 0.29) is 6.10 Å². The number of aliphatic hydroxyl groups excluding tert-OH is 1. The molecular formula is C7H12O2. The van der Waals surface area contributed by atoms with Crippen LogP contribution in [0.1, 0.15) is 19.3 Å². The molecule has 2 aliphatic rings. The predicted octanol–water partition coefficient (Wildman–Crippen LogP) is 0.546. The van der Waals surface area contributed by atoms with Gasteiger partial charge in [-0.3, -0.25) is 0 Å². The number of ether oxygens (including phenoxy) is 1. The Morgan fingerprint density at radius 1 is 1.33 bits per heavy atom. The average molecular weight is 128 g/mol. The third kappa shape index (κ3) is 1.10. The maximum atomic E-state index is 9.12. The lowest BCUT2D eigenvalue weighted by Crippen LogP contribution is -2.05. The fourth-order valence-corrected chi connectivity index (χ4v) is 1.66. The lowest BCUT2D eigenvalue weighted by atomic mass is 10.1. The van der Waals surface area contributed by atoms with Gasteiger partial charge in [-0.1, -0.05) is 0 Å². The second-order valence-corrected chi connectivity index (χ2v) is 3.10. The summed E-state index contributed by atoms with van der Waals surface area (Å²) in [6.07, 6.45) is 3.63. The van der Waals surface area contributed by atoms with E-state index in [1.807, 2.05) is 0 Å². The summed E-state index contributed by atoms with van der Waals surface area (Å²) in [5, 5.41) is 9.12. The molecule has 3 unspecified atom stereocenters. The summed E-state index contributed by atoms with van der Waals surface area (Å²) in [6, 6.07) is 0. The largest absolute Gasteiger partial charge is 0.393 e. The Morgan fingerprint density at radius 2 is 2.11 bits per heavy atom. The van der Waals surface area contributed by atoms with E-state index in [4.69, 9.17) is 9.84 Å². The number of hydrogen-bond donors (Lipinski definition) is 1. The van der Waals surface area contributed by atoms with Crippen LogP contribution in [-0.4, -0.2) is 23.9 Å². The molecule has 2 nitrogen and oxygen atoms in total. The van der Waals surface area contributed by atoms with E-state index in [1.54, 1.807) is 0 Å². The van der Waals surface area contributed by atoms with Crippen LogP contribution in [0, 0.1) is 5.92 Å². The molecule has 0 spiro atoms. The zero-order chi connectivity index (χ0) is 6.27. The maximum absolute atomic E-state index is 9.12. The molecule has 2 heteroatoms. The van der Waals surface area contributed by atoms with Crippen LogP contribution in [0.25, 0.3) is 0 Å². The molecule has 3 atom stereocenters. The normalized spacial score (nSPS) is 49.7. The Balaban J connectivity index is 1.86. The van der Waals surface area contributed by atoms with Crippen molar-refractivity contribution in [3.05, 3.63) is 0 Å². The van der Waals surface area contributed by atoms with Crippen LogP contribution in [-0.2, 0) is 4.74 Å². The molecule has 2 rings (SSSR count). The molecule has 1 saturated carbocycles. The summed E-state index contributed by atoms with van der Waals surface area (Å²) in [4.78, 5) is 0. The van der Waals surface area contributed by atoms with Crippen molar-refractivity contribution >= 4 is 0 Å². The number of epoxide rings is 1. The third-order valence-corrected chi connectivity index (χ3v) is 2.33. The summed E-state index contributed by atoms with van der Waals surface area (Å²) in [5.74, 6) is 0.681. The van der Waals surface area contributed by atoms with Crippen LogP contribution >= 0.6 is 0 Å². The molecule has 1 aliphatic carbocycles. The smallest absolute Gasteiger partial charge is 0.0839 e. The van der Waals surface area contributed by atoms with Crippen LogP contribution in [0.4, 0.5) is 0 Å². The summed E-state index contributed by atoms with van der Waals surface area (Å²) >= 11 is 0. The highest BCUT2D eigenvalue weighted by atomic mass is 16.6. The second-order valence-electron chi connectivity index (χ2n) is 3.10. The van der Waals surface area contributed by atoms with Crippen molar-refractivity contribution in [1.29, 1.82) is 0 Å². The number of aliphatic hydroxyl groups is 1. The zero-order valence-corrected chi connectivity index (χ0v) is 5.42. The van der Waals surface area contributed by atoms with E-state index in [0.717, 1.165) is 19.4 Å². The summed E-state index contributed by atoms with van der Waals surface area (Å²) in [6.45, 7) is 0.942. The Kier molecular flexibility index (Phi) is 1.24. The van der Waals surface area contributed by atoms with Gasteiger partial charge in [0.1, 0.15) is 0 Å². The van der Waals surface area contributed by atoms with Crippen molar-refractivity contribution in [3.8, 4) is 0 Å². The van der Waals surface area contributed by atoms with Gasteiger partial charge in [0.25, 0.3) is 0 Å². The van der Waals surface area contributed by atoms with Gasteiger partial charge >= 0.3 is 0 Å². The fraction of sp³-hybridized carbons (Fsp3) is 1.00. The van der Waals surface area contributed by atoms with Gasteiger partial charge in [-0.05, 0) is 25.2 Å². The molecule has 0 aromatic heterocycles. The third-order valence-electron chi connectivity index (χ3n) is 2.33. The quantitative estimate of drug-likeness (QED) is 0.523. The van der Waals surface area contributed by atoms with Gasteiger partial charge in [0.05, 0.1) is 18.8 Å². The van der Waals surface area contributed by atoms with Crippen molar-refractivity contribution in [2.24, 2.45) is 5.92 Å². The molecule has 1 saturated heterocycles. The molecule has 1 aliphatic heterocycles. The molecule has 0 bridgehead atoms. The van der Waals surface area contributed by atoms with Crippen LogP contribution < -0.4 is 0 Å². The summed E-state index contributed by atoms with van der Waals surface area (Å²) in [7, 11) is 0. The van der Waals surface area contributed by atoms with Gasteiger partial charge in [0, 0.05) is 0 Å². The first kappa shape index (κ1) is 5.69. The summed E-state index contributed by atoms with van der Waals surface area (Å²) < 4.78 is 5.13. The fourth-order valence-electron chi connectivity index (χ4n) is 1.66. The monoisotopic (exact) mass is 128 g/mol. The van der Waals surface area contributed by atoms with E-state index >= 15 is 0 Å². The average Bonchev–Trinajstić information content (AvgIpc) is 2.58. The van der Waals surface area contributed by atoms with Crippen molar-refractivity contribution in [1.82, 2.24) is 0 Å². The predicted molar refractivity (Wildman–Crippen MR) is 33.1 cm³/mol. The van der Waals surface area contributed by atoms with Gasteiger partial charge in [0.15, 0.2) is 0 Å². The van der Waals surface area contributed by atoms with Crippen molar-refractivity contribution in [3.63, 3.8) is 0 Å². The van der Waals surface area contributed by atoms with Gasteiger partial charge in [0.2, 0.25) is 0 Å². The highest BCUT2D eigenvalue weighted by molar-refractivity contribution is 4.86. The first-order valence-electron chi connectivity index (χ1n) is 3.66. The Labute approximate surface area is 54.8 Å². The standard InChI is InChI=1S/C7H12O2/c8-6-2-1-5(3-6)7-4-9-7/h5-8H,1-4H2. The molecular weight excluding hydrogens is 116 g/mol. The Hall–Kier alpha value is -0.0800. The van der Waals surface area contributed by atoms with E-state index in [2.05, 4.69) is 0 Å². The zero-order valence-electron chi connectivity index (χ0n) is 5.42. The lowest BCUT2D eigenvalue weighted by Gasteiger charge is -2.01. The van der Waals surface area contributed by atoms with Gasteiger partial charge < -0.3 is 9.84 Å². The van der Waals surface area contributed by atoms with E-state index in [9.17, 15) is 0 Å².